The Balaban J connectivity index is 1.37. The number of para-hydroxylation sites is 1. The van der Waals surface area contributed by atoms with Crippen LogP contribution in [0.2, 0.25) is 0 Å². The highest BCUT2D eigenvalue weighted by atomic mass is 16.3. The number of nitrogens with zero attached hydrogens (tertiary/aromatic N) is 2. The standard InChI is InChI=1S/C21H26N4O4/c1-16(26)17-5-2-3-6-18(17)23-20(27)15-25-12-10-24(11-13-25)9-8-22-21(28)19-7-4-14-29-19/h2-7,14H,8-13,15H2,1H3,(H,22,28)(H,23,27). The van der Waals surface area contributed by atoms with Crippen molar-refractivity contribution in [1.82, 2.24) is 15.1 Å². The lowest BCUT2D eigenvalue weighted by molar-refractivity contribution is -0.117. The van der Waals surface area contributed by atoms with Gasteiger partial charge in [0.25, 0.3) is 5.91 Å². The molecule has 0 bridgehead atoms. The summed E-state index contributed by atoms with van der Waals surface area (Å²) in [7, 11) is 0. The van der Waals surface area contributed by atoms with E-state index in [9.17, 15) is 14.4 Å². The Morgan fingerprint density at radius 2 is 1.72 bits per heavy atom. The van der Waals surface area contributed by atoms with Crippen molar-refractivity contribution in [3.8, 4) is 0 Å². The van der Waals surface area contributed by atoms with Crippen molar-refractivity contribution in [3.63, 3.8) is 0 Å². The zero-order valence-electron chi connectivity index (χ0n) is 16.5. The van der Waals surface area contributed by atoms with Crippen LogP contribution in [0.3, 0.4) is 0 Å². The van der Waals surface area contributed by atoms with Crippen LogP contribution in [0.25, 0.3) is 0 Å². The number of hydrogen-bond acceptors (Lipinski definition) is 6. The number of piperazine rings is 1. The first kappa shape index (κ1) is 20.8. The number of carbonyl (C=O) groups is 3. The zero-order valence-corrected chi connectivity index (χ0v) is 16.5. The monoisotopic (exact) mass is 398 g/mol. The first-order valence-corrected chi connectivity index (χ1v) is 9.69. The Hall–Kier alpha value is -2.97. The number of carbonyl (C=O) groups excluding carboxylic acids is 3. The lowest BCUT2D eigenvalue weighted by Gasteiger charge is -2.34. The topological polar surface area (TPSA) is 94.9 Å². The SMILES string of the molecule is CC(=O)c1ccccc1NC(=O)CN1CCN(CCNC(=O)c2ccco2)CC1. The first-order chi connectivity index (χ1) is 14.0. The van der Waals surface area contributed by atoms with Crippen molar-refractivity contribution >= 4 is 23.3 Å². The van der Waals surface area contributed by atoms with Crippen molar-refractivity contribution in [2.24, 2.45) is 0 Å². The molecule has 1 aromatic carbocycles. The van der Waals surface area contributed by atoms with Crippen LogP contribution in [-0.4, -0.2) is 73.2 Å². The Kier molecular flexibility index (Phi) is 7.15. The molecule has 2 N–H and O–H groups in total. The van der Waals surface area contributed by atoms with Crippen LogP contribution in [0, 0.1) is 0 Å². The summed E-state index contributed by atoms with van der Waals surface area (Å²) in [6.07, 6.45) is 1.48. The van der Waals surface area contributed by atoms with Crippen LogP contribution < -0.4 is 10.6 Å². The molecule has 2 heterocycles. The van der Waals surface area contributed by atoms with Gasteiger partial charge in [-0.15, -0.1) is 0 Å². The van der Waals surface area contributed by atoms with Gasteiger partial charge in [-0.3, -0.25) is 24.2 Å². The van der Waals surface area contributed by atoms with Gasteiger partial charge in [-0.2, -0.15) is 0 Å². The number of ketones is 1. The molecule has 2 amide bonds. The fourth-order valence-corrected chi connectivity index (χ4v) is 3.29. The Morgan fingerprint density at radius 3 is 2.41 bits per heavy atom. The fraction of sp³-hybridized carbons (Fsp3) is 0.381. The van der Waals surface area contributed by atoms with Gasteiger partial charge in [-0.1, -0.05) is 12.1 Å². The molecule has 1 fully saturated rings. The minimum atomic E-state index is -0.212. The van der Waals surface area contributed by atoms with E-state index < -0.39 is 0 Å². The van der Waals surface area contributed by atoms with E-state index >= 15 is 0 Å². The predicted molar refractivity (Wildman–Crippen MR) is 109 cm³/mol. The van der Waals surface area contributed by atoms with Crippen LogP contribution in [0.4, 0.5) is 5.69 Å². The number of Topliss-reactive ketones (excluding diaryl/α,β-unsaturated/α-hetero) is 1. The molecule has 154 valence electrons. The van der Waals surface area contributed by atoms with Crippen LogP contribution >= 0.6 is 0 Å². The third-order valence-electron chi connectivity index (χ3n) is 4.87. The molecular weight excluding hydrogens is 372 g/mol. The second-order valence-corrected chi connectivity index (χ2v) is 7.00. The third kappa shape index (κ3) is 6.00. The second-order valence-electron chi connectivity index (χ2n) is 7.00. The van der Waals surface area contributed by atoms with Gasteiger partial charge >= 0.3 is 0 Å². The Bertz CT molecular complexity index is 842. The zero-order chi connectivity index (χ0) is 20.6. The van der Waals surface area contributed by atoms with E-state index in [4.69, 9.17) is 4.42 Å². The molecule has 29 heavy (non-hydrogen) atoms. The molecule has 1 aromatic heterocycles. The highest BCUT2D eigenvalue weighted by Crippen LogP contribution is 2.15. The molecule has 0 spiro atoms. The number of amides is 2. The first-order valence-electron chi connectivity index (χ1n) is 9.69. The van der Waals surface area contributed by atoms with Crippen molar-refractivity contribution in [2.75, 3.05) is 51.1 Å². The van der Waals surface area contributed by atoms with Gasteiger partial charge in [0.15, 0.2) is 11.5 Å². The Labute approximate surface area is 169 Å². The number of nitrogens with one attached hydrogen (secondary N) is 2. The molecular formula is C21H26N4O4. The van der Waals surface area contributed by atoms with Crippen molar-refractivity contribution in [2.45, 2.75) is 6.92 Å². The van der Waals surface area contributed by atoms with Crippen molar-refractivity contribution in [1.29, 1.82) is 0 Å². The van der Waals surface area contributed by atoms with Crippen LogP contribution in [0.5, 0.6) is 0 Å². The van der Waals surface area contributed by atoms with E-state index in [1.807, 2.05) is 0 Å². The highest BCUT2D eigenvalue weighted by Gasteiger charge is 2.20. The van der Waals surface area contributed by atoms with Gasteiger partial charge in [0.2, 0.25) is 5.91 Å². The summed E-state index contributed by atoms with van der Waals surface area (Å²) in [5.74, 6) is -0.102. The van der Waals surface area contributed by atoms with Gasteiger partial charge in [-0.05, 0) is 31.2 Å². The lowest BCUT2D eigenvalue weighted by Crippen LogP contribution is -2.50. The summed E-state index contributed by atoms with van der Waals surface area (Å²) < 4.78 is 5.06. The lowest BCUT2D eigenvalue weighted by atomic mass is 10.1. The average molecular weight is 398 g/mol. The van der Waals surface area contributed by atoms with E-state index in [-0.39, 0.29) is 24.1 Å². The van der Waals surface area contributed by atoms with Gasteiger partial charge in [-0.25, -0.2) is 0 Å². The predicted octanol–water partition coefficient (Wildman–Crippen LogP) is 1.47. The summed E-state index contributed by atoms with van der Waals surface area (Å²) in [6, 6.07) is 10.3. The number of benzene rings is 1. The van der Waals surface area contributed by atoms with Gasteiger partial charge in [0.1, 0.15) is 0 Å². The molecule has 1 aliphatic rings. The quantitative estimate of drug-likeness (QED) is 0.654. The maximum atomic E-state index is 12.4. The smallest absolute Gasteiger partial charge is 0.287 e. The number of furan rings is 1. The van der Waals surface area contributed by atoms with Crippen molar-refractivity contribution in [3.05, 3.63) is 54.0 Å². The normalized spacial score (nSPS) is 15.1. The largest absolute Gasteiger partial charge is 0.459 e. The minimum absolute atomic E-state index is 0.0753. The fourth-order valence-electron chi connectivity index (χ4n) is 3.29. The Morgan fingerprint density at radius 1 is 1.00 bits per heavy atom. The molecule has 1 saturated heterocycles. The van der Waals surface area contributed by atoms with Crippen molar-refractivity contribution < 1.29 is 18.8 Å². The van der Waals surface area contributed by atoms with Crippen LogP contribution in [0.15, 0.2) is 47.1 Å². The molecule has 0 aliphatic carbocycles. The summed E-state index contributed by atoms with van der Waals surface area (Å²) in [6.45, 7) is 6.26. The number of rotatable bonds is 8. The molecule has 8 heteroatoms. The molecule has 0 saturated carbocycles. The van der Waals surface area contributed by atoms with Gasteiger partial charge < -0.3 is 15.1 Å². The summed E-state index contributed by atoms with van der Waals surface area (Å²) in [5.41, 5.74) is 1.07. The molecule has 0 unspecified atom stereocenters. The molecule has 3 rings (SSSR count). The number of hydrogen-bond donors (Lipinski definition) is 2. The second kappa shape index (κ2) is 9.99. The maximum Gasteiger partial charge on any atom is 0.287 e. The summed E-state index contributed by atoms with van der Waals surface area (Å²) in [5, 5.41) is 5.68. The van der Waals surface area contributed by atoms with E-state index in [1.165, 1.54) is 13.2 Å². The summed E-state index contributed by atoms with van der Waals surface area (Å²) >= 11 is 0. The van der Waals surface area contributed by atoms with Crippen LogP contribution in [0.1, 0.15) is 27.8 Å². The summed E-state index contributed by atoms with van der Waals surface area (Å²) in [4.78, 5) is 40.2. The average Bonchev–Trinajstić information content (AvgIpc) is 3.24. The maximum absolute atomic E-state index is 12.4. The van der Waals surface area contributed by atoms with E-state index in [1.54, 1.807) is 36.4 Å². The van der Waals surface area contributed by atoms with E-state index in [0.717, 1.165) is 32.7 Å². The molecule has 0 radical (unpaired) electrons. The van der Waals surface area contributed by atoms with E-state index in [2.05, 4.69) is 20.4 Å². The highest BCUT2D eigenvalue weighted by molar-refractivity contribution is 6.04. The number of anilines is 1. The molecule has 1 aliphatic heterocycles. The van der Waals surface area contributed by atoms with E-state index in [0.29, 0.717) is 23.6 Å². The molecule has 8 nitrogen and oxygen atoms in total. The third-order valence-corrected chi connectivity index (χ3v) is 4.87. The van der Waals surface area contributed by atoms with Gasteiger partial charge in [0.05, 0.1) is 18.5 Å². The molecule has 0 atom stereocenters. The van der Waals surface area contributed by atoms with Crippen LogP contribution in [-0.2, 0) is 4.79 Å². The van der Waals surface area contributed by atoms with Gasteiger partial charge in [0, 0.05) is 44.8 Å². The molecule has 2 aromatic rings. The minimum Gasteiger partial charge on any atom is -0.459 e.